The Kier molecular flexibility index (Phi) is 3.66. The Bertz CT molecular complexity index is 318. The van der Waals surface area contributed by atoms with Gasteiger partial charge in [0.2, 0.25) is 5.91 Å². The van der Waals surface area contributed by atoms with Crippen LogP contribution in [0.1, 0.15) is 32.1 Å². The average Bonchev–Trinajstić information content (AvgIpc) is 2.77. The van der Waals surface area contributed by atoms with Gasteiger partial charge in [-0.05, 0) is 25.7 Å². The quantitative estimate of drug-likeness (QED) is 0.796. The third-order valence-electron chi connectivity index (χ3n) is 3.92. The van der Waals surface area contributed by atoms with Crippen LogP contribution in [-0.4, -0.2) is 47.7 Å². The van der Waals surface area contributed by atoms with Crippen LogP contribution < -0.4 is 0 Å². The number of amides is 1. The first-order valence-corrected chi connectivity index (χ1v) is 6.17. The molecule has 0 aromatic rings. The zero-order valence-electron chi connectivity index (χ0n) is 10.1. The molecule has 1 N–H and O–H groups in total. The summed E-state index contributed by atoms with van der Waals surface area (Å²) < 4.78 is 5.29. The van der Waals surface area contributed by atoms with E-state index in [0.717, 1.165) is 19.3 Å². The van der Waals surface area contributed by atoms with E-state index in [2.05, 4.69) is 0 Å². The molecule has 0 radical (unpaired) electrons. The van der Waals surface area contributed by atoms with Crippen LogP contribution in [0.4, 0.5) is 0 Å². The first-order valence-electron chi connectivity index (χ1n) is 6.17. The van der Waals surface area contributed by atoms with Gasteiger partial charge >= 0.3 is 5.97 Å². The summed E-state index contributed by atoms with van der Waals surface area (Å²) in [5.74, 6) is -1.08. The topological polar surface area (TPSA) is 66.8 Å². The minimum absolute atomic E-state index is 0.101. The number of aliphatic carboxylic acids is 1. The van der Waals surface area contributed by atoms with E-state index in [1.165, 1.54) is 0 Å². The zero-order chi connectivity index (χ0) is 12.4. The van der Waals surface area contributed by atoms with Crippen molar-refractivity contribution in [3.05, 3.63) is 0 Å². The highest BCUT2D eigenvalue weighted by Crippen LogP contribution is 2.30. The number of ether oxygens (including phenoxy) is 1. The molecule has 3 atom stereocenters. The maximum absolute atomic E-state index is 11.8. The highest BCUT2D eigenvalue weighted by molar-refractivity contribution is 5.80. The van der Waals surface area contributed by atoms with E-state index in [1.807, 2.05) is 0 Å². The first-order chi connectivity index (χ1) is 8.11. The van der Waals surface area contributed by atoms with Crippen LogP contribution in [0.3, 0.4) is 0 Å². The van der Waals surface area contributed by atoms with Crippen LogP contribution >= 0.6 is 0 Å². The molecule has 0 spiro atoms. The highest BCUT2D eigenvalue weighted by Gasteiger charge is 2.37. The lowest BCUT2D eigenvalue weighted by Gasteiger charge is -2.35. The van der Waals surface area contributed by atoms with Crippen LogP contribution in [0.15, 0.2) is 0 Å². The van der Waals surface area contributed by atoms with Gasteiger partial charge < -0.3 is 14.7 Å². The Hall–Kier alpha value is -1.10. The summed E-state index contributed by atoms with van der Waals surface area (Å²) in [5, 5.41) is 9.02. The number of carbonyl (C=O) groups is 2. The molecule has 3 unspecified atom stereocenters. The van der Waals surface area contributed by atoms with Crippen molar-refractivity contribution in [2.24, 2.45) is 5.92 Å². The molecular weight excluding hydrogens is 222 g/mol. The maximum Gasteiger partial charge on any atom is 0.308 e. The van der Waals surface area contributed by atoms with Gasteiger partial charge in [-0.2, -0.15) is 0 Å². The molecule has 1 aliphatic carbocycles. The fraction of sp³-hybridized carbons (Fsp3) is 0.833. The van der Waals surface area contributed by atoms with Gasteiger partial charge in [0, 0.05) is 26.1 Å². The van der Waals surface area contributed by atoms with Gasteiger partial charge in [-0.3, -0.25) is 9.59 Å². The van der Waals surface area contributed by atoms with E-state index in [4.69, 9.17) is 9.84 Å². The fourth-order valence-corrected chi connectivity index (χ4v) is 2.84. The van der Waals surface area contributed by atoms with E-state index in [9.17, 15) is 9.59 Å². The summed E-state index contributed by atoms with van der Waals surface area (Å²) in [6.07, 6.45) is 3.79. The van der Waals surface area contributed by atoms with Crippen molar-refractivity contribution in [2.45, 2.75) is 44.2 Å². The molecular formula is C12H19NO4. The highest BCUT2D eigenvalue weighted by atomic mass is 16.5. The van der Waals surface area contributed by atoms with E-state index in [-0.39, 0.29) is 18.1 Å². The summed E-state index contributed by atoms with van der Waals surface area (Å²) in [7, 11) is 1.69. The first kappa shape index (κ1) is 12.4. The number of hydrogen-bond acceptors (Lipinski definition) is 3. The molecule has 0 aromatic carbocycles. The van der Waals surface area contributed by atoms with Crippen molar-refractivity contribution in [2.75, 3.05) is 13.7 Å². The van der Waals surface area contributed by atoms with Crippen molar-refractivity contribution in [3.63, 3.8) is 0 Å². The smallest absolute Gasteiger partial charge is 0.308 e. The van der Waals surface area contributed by atoms with E-state index < -0.39 is 11.9 Å². The molecule has 2 rings (SSSR count). The Balaban J connectivity index is 1.98. The van der Waals surface area contributed by atoms with E-state index in [1.54, 1.807) is 12.0 Å². The standard InChI is InChI=1S/C12H19NO4/c1-17-10-4-3-9(6-10)13-7-8(12(15)16)2-5-11(13)14/h8-10H,2-7H2,1H3,(H,15,16). The van der Waals surface area contributed by atoms with Crippen molar-refractivity contribution >= 4 is 11.9 Å². The number of piperidine rings is 1. The van der Waals surface area contributed by atoms with Gasteiger partial charge in [-0.1, -0.05) is 0 Å². The predicted octanol–water partition coefficient (Wildman–Crippen LogP) is 0.877. The predicted molar refractivity (Wildman–Crippen MR) is 60.5 cm³/mol. The number of carboxylic acid groups (broad SMARTS) is 1. The number of carboxylic acids is 1. The van der Waals surface area contributed by atoms with Gasteiger partial charge in [-0.15, -0.1) is 0 Å². The molecule has 5 nitrogen and oxygen atoms in total. The maximum atomic E-state index is 11.8. The second-order valence-electron chi connectivity index (χ2n) is 4.94. The van der Waals surface area contributed by atoms with Gasteiger partial charge in [0.15, 0.2) is 0 Å². The molecule has 1 saturated heterocycles. The minimum Gasteiger partial charge on any atom is -0.481 e. The van der Waals surface area contributed by atoms with Crippen molar-refractivity contribution in [3.8, 4) is 0 Å². The van der Waals surface area contributed by atoms with Crippen molar-refractivity contribution < 1.29 is 19.4 Å². The van der Waals surface area contributed by atoms with Gasteiger partial charge in [0.05, 0.1) is 12.0 Å². The van der Waals surface area contributed by atoms with Crippen LogP contribution in [0, 0.1) is 5.92 Å². The van der Waals surface area contributed by atoms with Crippen LogP contribution in [0.25, 0.3) is 0 Å². The molecule has 1 aliphatic heterocycles. The normalized spacial score (nSPS) is 34.1. The number of rotatable bonds is 3. The Morgan fingerprint density at radius 3 is 2.76 bits per heavy atom. The molecule has 1 amide bonds. The molecule has 0 bridgehead atoms. The van der Waals surface area contributed by atoms with Crippen LogP contribution in [0.2, 0.25) is 0 Å². The van der Waals surface area contributed by atoms with Crippen LogP contribution in [0.5, 0.6) is 0 Å². The third kappa shape index (κ3) is 2.60. The Labute approximate surface area is 101 Å². The SMILES string of the molecule is COC1CCC(N2CC(C(=O)O)CCC2=O)C1. The van der Waals surface area contributed by atoms with E-state index in [0.29, 0.717) is 19.4 Å². The van der Waals surface area contributed by atoms with E-state index >= 15 is 0 Å². The lowest BCUT2D eigenvalue weighted by atomic mass is 9.96. The Morgan fingerprint density at radius 1 is 1.41 bits per heavy atom. The number of nitrogens with zero attached hydrogens (tertiary/aromatic N) is 1. The van der Waals surface area contributed by atoms with Gasteiger partial charge in [0.1, 0.15) is 0 Å². The summed E-state index contributed by atoms with van der Waals surface area (Å²) in [6, 6.07) is 0.176. The summed E-state index contributed by atoms with van der Waals surface area (Å²) in [6.45, 7) is 0.370. The monoisotopic (exact) mass is 241 g/mol. The van der Waals surface area contributed by atoms with Gasteiger partial charge in [0.25, 0.3) is 0 Å². The minimum atomic E-state index is -0.788. The number of hydrogen-bond donors (Lipinski definition) is 1. The molecule has 2 aliphatic rings. The average molecular weight is 241 g/mol. The molecule has 2 fully saturated rings. The number of methoxy groups -OCH3 is 1. The molecule has 1 heterocycles. The number of carbonyl (C=O) groups excluding carboxylic acids is 1. The number of likely N-dealkylation sites (tertiary alicyclic amines) is 1. The molecule has 1 saturated carbocycles. The molecule has 96 valence electrons. The molecule has 5 heteroatoms. The lowest BCUT2D eigenvalue weighted by molar-refractivity contribution is -0.148. The van der Waals surface area contributed by atoms with Crippen molar-refractivity contribution in [1.29, 1.82) is 0 Å². The van der Waals surface area contributed by atoms with Crippen molar-refractivity contribution in [1.82, 2.24) is 4.90 Å². The lowest BCUT2D eigenvalue weighted by Crippen LogP contribution is -2.47. The third-order valence-corrected chi connectivity index (χ3v) is 3.92. The largest absolute Gasteiger partial charge is 0.481 e. The summed E-state index contributed by atoms with van der Waals surface area (Å²) in [5.41, 5.74) is 0. The Morgan fingerprint density at radius 2 is 2.18 bits per heavy atom. The summed E-state index contributed by atoms with van der Waals surface area (Å²) >= 11 is 0. The second-order valence-corrected chi connectivity index (χ2v) is 4.94. The van der Waals surface area contributed by atoms with Crippen LogP contribution in [-0.2, 0) is 14.3 Å². The second kappa shape index (κ2) is 5.04. The van der Waals surface area contributed by atoms with Gasteiger partial charge in [-0.25, -0.2) is 0 Å². The summed E-state index contributed by atoms with van der Waals surface area (Å²) in [4.78, 5) is 24.6. The molecule has 17 heavy (non-hydrogen) atoms. The zero-order valence-corrected chi connectivity index (χ0v) is 10.1. The fourth-order valence-electron chi connectivity index (χ4n) is 2.84. The molecule has 0 aromatic heterocycles.